The third kappa shape index (κ3) is 6.02. The van der Waals surface area contributed by atoms with Crippen LogP contribution in [0.25, 0.3) is 0 Å². The molecule has 140 valence electrons. The number of hydrogen-bond donors (Lipinski definition) is 2. The Morgan fingerprint density at radius 3 is 2.04 bits per heavy atom. The van der Waals surface area contributed by atoms with E-state index in [4.69, 9.17) is 9.29 Å². The van der Waals surface area contributed by atoms with Crippen molar-refractivity contribution in [3.05, 3.63) is 53.6 Å². The molecule has 0 fully saturated rings. The number of ether oxygens (including phenoxy) is 1. The number of ketones is 1. The molecule has 2 aromatic rings. The Bertz CT molecular complexity index is 802. The van der Waals surface area contributed by atoms with Gasteiger partial charge in [0.1, 0.15) is 5.75 Å². The van der Waals surface area contributed by atoms with Gasteiger partial charge in [0.25, 0.3) is 0 Å². The summed E-state index contributed by atoms with van der Waals surface area (Å²) >= 11 is 0. The van der Waals surface area contributed by atoms with Gasteiger partial charge in [-0.3, -0.25) is 9.35 Å². The third-order valence-corrected chi connectivity index (χ3v) is 3.15. The van der Waals surface area contributed by atoms with E-state index in [1.807, 2.05) is 0 Å². The van der Waals surface area contributed by atoms with E-state index >= 15 is 0 Å². The lowest BCUT2D eigenvalue weighted by Gasteiger charge is -2.11. The Labute approximate surface area is 143 Å². The van der Waals surface area contributed by atoms with Crippen molar-refractivity contribution in [1.82, 2.24) is 0 Å². The molecule has 11 heteroatoms. The number of aromatic hydroxyl groups is 1. The number of carbonyl (C=O) groups is 1. The summed E-state index contributed by atoms with van der Waals surface area (Å²) in [6.07, 6.45) is 0. The maximum Gasteiger partial charge on any atom is 0.446 e. The van der Waals surface area contributed by atoms with E-state index in [2.05, 4.69) is 4.18 Å². The maximum atomic E-state index is 12.3. The molecule has 10 nitrogen and oxygen atoms in total. The first-order valence-corrected chi connectivity index (χ1v) is 7.36. The molecule has 0 aliphatic heterocycles. The molecule has 0 radical (unpaired) electrons. The van der Waals surface area contributed by atoms with Crippen molar-refractivity contribution in [2.75, 3.05) is 7.11 Å². The van der Waals surface area contributed by atoms with Crippen molar-refractivity contribution in [2.24, 2.45) is 0 Å². The Hall–Kier alpha value is -2.70. The van der Waals surface area contributed by atoms with E-state index in [0.717, 1.165) is 12.1 Å². The number of carbonyl (C=O) groups excluding carboxylic acids is 1. The first-order valence-electron chi connectivity index (χ1n) is 5.99. The standard InChI is InChI=1S/C14H12O7S.3H2O/c1-20-12-8-11(15)10(7-13(12)21-22(17,18)19)14(16)9-5-3-2-4-6-9;;;/h2-8,15H,1H3,(H,17,18,19);3*1H2. The number of phenols is 1. The van der Waals surface area contributed by atoms with Gasteiger partial charge in [-0.1, -0.05) is 30.3 Å². The van der Waals surface area contributed by atoms with Crippen molar-refractivity contribution >= 4 is 16.2 Å². The van der Waals surface area contributed by atoms with E-state index in [1.54, 1.807) is 18.2 Å². The van der Waals surface area contributed by atoms with Gasteiger partial charge in [-0.15, -0.1) is 0 Å². The number of methoxy groups -OCH3 is 1. The Morgan fingerprint density at radius 1 is 1.00 bits per heavy atom. The largest absolute Gasteiger partial charge is 0.507 e. The smallest absolute Gasteiger partial charge is 0.446 e. The van der Waals surface area contributed by atoms with Crippen molar-refractivity contribution in [1.29, 1.82) is 0 Å². The minimum Gasteiger partial charge on any atom is -0.507 e. The fraction of sp³-hybridized carbons (Fsp3) is 0.0714. The predicted octanol–water partition coefficient (Wildman–Crippen LogP) is -0.661. The highest BCUT2D eigenvalue weighted by Gasteiger charge is 2.20. The lowest BCUT2D eigenvalue weighted by Crippen LogP contribution is -2.09. The molecule has 0 aromatic heterocycles. The summed E-state index contributed by atoms with van der Waals surface area (Å²) in [6.45, 7) is 0. The number of rotatable bonds is 5. The van der Waals surface area contributed by atoms with Gasteiger partial charge in [-0.25, -0.2) is 0 Å². The summed E-state index contributed by atoms with van der Waals surface area (Å²) < 4.78 is 39.6. The number of phenolic OH excluding ortho intramolecular Hbond substituents is 1. The van der Waals surface area contributed by atoms with Gasteiger partial charge in [-0.2, -0.15) is 8.42 Å². The van der Waals surface area contributed by atoms with E-state index < -0.39 is 27.7 Å². The van der Waals surface area contributed by atoms with Crippen LogP contribution in [-0.2, 0) is 10.4 Å². The van der Waals surface area contributed by atoms with E-state index in [1.165, 1.54) is 19.2 Å². The highest BCUT2D eigenvalue weighted by atomic mass is 32.3. The molecule has 0 amide bonds. The molecular weight excluding hydrogens is 360 g/mol. The molecule has 2 aromatic carbocycles. The molecule has 8 N–H and O–H groups in total. The van der Waals surface area contributed by atoms with Crippen LogP contribution in [-0.4, -0.2) is 47.4 Å². The SMILES string of the molecule is COc1cc(O)c(C(=O)c2ccccc2)cc1OS(=O)(=O)O.O.O.O. The number of hydrogen-bond acceptors (Lipinski definition) is 6. The molecule has 0 spiro atoms. The van der Waals surface area contributed by atoms with Gasteiger partial charge < -0.3 is 30.5 Å². The summed E-state index contributed by atoms with van der Waals surface area (Å²) in [5.41, 5.74) is 0.103. The van der Waals surface area contributed by atoms with E-state index in [0.29, 0.717) is 5.56 Å². The second kappa shape index (κ2) is 9.56. The van der Waals surface area contributed by atoms with Crippen LogP contribution >= 0.6 is 0 Å². The fourth-order valence-electron chi connectivity index (χ4n) is 1.81. The summed E-state index contributed by atoms with van der Waals surface area (Å²) in [6, 6.07) is 10.1. The predicted molar refractivity (Wildman–Crippen MR) is 87.6 cm³/mol. The first kappa shape index (κ1) is 24.6. The van der Waals surface area contributed by atoms with Gasteiger partial charge in [0.05, 0.1) is 12.7 Å². The first-order chi connectivity index (χ1) is 10.3. The van der Waals surface area contributed by atoms with Crippen LogP contribution in [0.2, 0.25) is 0 Å². The monoisotopic (exact) mass is 378 g/mol. The normalized spacial score (nSPS) is 9.68. The average molecular weight is 378 g/mol. The zero-order valence-corrected chi connectivity index (χ0v) is 13.7. The van der Waals surface area contributed by atoms with Crippen molar-refractivity contribution in [2.45, 2.75) is 0 Å². The molecular formula is C14H18O10S. The lowest BCUT2D eigenvalue weighted by atomic mass is 10.0. The van der Waals surface area contributed by atoms with Gasteiger partial charge in [0, 0.05) is 17.7 Å². The van der Waals surface area contributed by atoms with Crippen LogP contribution in [0.3, 0.4) is 0 Å². The van der Waals surface area contributed by atoms with Crippen LogP contribution in [0.1, 0.15) is 15.9 Å². The topological polar surface area (TPSA) is 205 Å². The quantitative estimate of drug-likeness (QED) is 0.506. The molecule has 0 atom stereocenters. The van der Waals surface area contributed by atoms with Gasteiger partial charge >= 0.3 is 10.4 Å². The van der Waals surface area contributed by atoms with Crippen molar-refractivity contribution in [3.8, 4) is 17.2 Å². The average Bonchev–Trinajstić information content (AvgIpc) is 2.47. The third-order valence-electron chi connectivity index (χ3n) is 2.76. The second-order valence-corrected chi connectivity index (χ2v) is 5.25. The van der Waals surface area contributed by atoms with Crippen LogP contribution in [0, 0.1) is 0 Å². The fourth-order valence-corrected chi connectivity index (χ4v) is 2.17. The minimum atomic E-state index is -4.80. The maximum absolute atomic E-state index is 12.3. The molecule has 0 bridgehead atoms. The summed E-state index contributed by atoms with van der Waals surface area (Å²) in [7, 11) is -3.59. The van der Waals surface area contributed by atoms with E-state index in [-0.39, 0.29) is 27.7 Å². The van der Waals surface area contributed by atoms with Gasteiger partial charge in [-0.05, 0) is 0 Å². The molecule has 0 aliphatic rings. The van der Waals surface area contributed by atoms with Crippen LogP contribution < -0.4 is 8.92 Å². The minimum absolute atomic E-state index is 0. The molecule has 0 saturated heterocycles. The molecule has 0 aliphatic carbocycles. The Morgan fingerprint density at radius 2 is 1.56 bits per heavy atom. The van der Waals surface area contributed by atoms with Crippen molar-refractivity contribution in [3.63, 3.8) is 0 Å². The molecule has 25 heavy (non-hydrogen) atoms. The lowest BCUT2D eigenvalue weighted by molar-refractivity contribution is 0.103. The molecule has 0 saturated carbocycles. The molecule has 0 heterocycles. The van der Waals surface area contributed by atoms with Crippen LogP contribution in [0.15, 0.2) is 42.5 Å². The molecule has 0 unspecified atom stereocenters. The van der Waals surface area contributed by atoms with Crippen LogP contribution in [0.4, 0.5) is 0 Å². The summed E-state index contributed by atoms with van der Waals surface area (Å²) in [5.74, 6) is -1.52. The van der Waals surface area contributed by atoms with Gasteiger partial charge in [0.15, 0.2) is 17.3 Å². The summed E-state index contributed by atoms with van der Waals surface area (Å²) in [4.78, 5) is 12.3. The Kier molecular flexibility index (Phi) is 9.39. The van der Waals surface area contributed by atoms with Crippen molar-refractivity contribution < 1.29 is 48.2 Å². The highest BCUT2D eigenvalue weighted by Crippen LogP contribution is 2.35. The molecule has 2 rings (SSSR count). The zero-order valence-electron chi connectivity index (χ0n) is 12.9. The number of benzene rings is 2. The second-order valence-electron chi connectivity index (χ2n) is 4.23. The van der Waals surface area contributed by atoms with Gasteiger partial charge in [0.2, 0.25) is 0 Å². The van der Waals surface area contributed by atoms with Crippen LogP contribution in [0.5, 0.6) is 17.2 Å². The highest BCUT2D eigenvalue weighted by molar-refractivity contribution is 7.81. The van der Waals surface area contributed by atoms with E-state index in [9.17, 15) is 18.3 Å². The Balaban J connectivity index is 0. The zero-order chi connectivity index (χ0) is 16.3. The summed E-state index contributed by atoms with van der Waals surface area (Å²) in [5, 5.41) is 9.91.